The zero-order chi connectivity index (χ0) is 19.2. The average Bonchev–Trinajstić information content (AvgIpc) is 3.02. The SMILES string of the molecule is CC(C)(C)c1ccc(Cc2noc([C@@H](N)CCCCOC(N)=O)n2)cc1. The molecule has 0 aliphatic carbocycles. The molecule has 7 heteroatoms. The first-order valence-electron chi connectivity index (χ1n) is 8.85. The number of aromatic nitrogens is 2. The molecule has 0 aliphatic heterocycles. The molecule has 1 aromatic carbocycles. The number of hydrogen-bond donors (Lipinski definition) is 2. The van der Waals surface area contributed by atoms with Crippen LogP contribution in [0.3, 0.4) is 0 Å². The molecule has 0 radical (unpaired) electrons. The van der Waals surface area contributed by atoms with Crippen LogP contribution in [0.2, 0.25) is 0 Å². The zero-order valence-electron chi connectivity index (χ0n) is 15.7. The first-order valence-corrected chi connectivity index (χ1v) is 8.85. The second kappa shape index (κ2) is 8.80. The van der Waals surface area contributed by atoms with Gasteiger partial charge in [-0.2, -0.15) is 4.98 Å². The van der Waals surface area contributed by atoms with E-state index >= 15 is 0 Å². The number of ether oxygens (including phenoxy) is 1. The summed E-state index contributed by atoms with van der Waals surface area (Å²) in [7, 11) is 0. The van der Waals surface area contributed by atoms with E-state index in [4.69, 9.17) is 16.0 Å². The largest absolute Gasteiger partial charge is 0.450 e. The van der Waals surface area contributed by atoms with E-state index in [2.05, 4.69) is 59.9 Å². The summed E-state index contributed by atoms with van der Waals surface area (Å²) in [5.74, 6) is 1.05. The average molecular weight is 360 g/mol. The smallest absolute Gasteiger partial charge is 0.404 e. The molecule has 0 saturated carbocycles. The van der Waals surface area contributed by atoms with Gasteiger partial charge < -0.3 is 20.7 Å². The van der Waals surface area contributed by atoms with Crippen LogP contribution in [0.4, 0.5) is 4.79 Å². The summed E-state index contributed by atoms with van der Waals surface area (Å²) < 4.78 is 9.96. The van der Waals surface area contributed by atoms with Crippen molar-refractivity contribution in [3.63, 3.8) is 0 Å². The predicted molar refractivity (Wildman–Crippen MR) is 98.6 cm³/mol. The molecule has 7 nitrogen and oxygen atoms in total. The second-order valence-electron chi connectivity index (χ2n) is 7.44. The molecule has 0 fully saturated rings. The van der Waals surface area contributed by atoms with Crippen molar-refractivity contribution in [2.75, 3.05) is 6.61 Å². The van der Waals surface area contributed by atoms with Gasteiger partial charge in [0.15, 0.2) is 5.82 Å². The van der Waals surface area contributed by atoms with Gasteiger partial charge in [0.05, 0.1) is 12.6 Å². The minimum Gasteiger partial charge on any atom is -0.450 e. The van der Waals surface area contributed by atoms with Crippen LogP contribution >= 0.6 is 0 Å². The Morgan fingerprint density at radius 3 is 2.54 bits per heavy atom. The highest BCUT2D eigenvalue weighted by Gasteiger charge is 2.16. The van der Waals surface area contributed by atoms with Crippen molar-refractivity contribution < 1.29 is 14.1 Å². The van der Waals surface area contributed by atoms with Crippen LogP contribution in [0.15, 0.2) is 28.8 Å². The molecular formula is C19H28N4O3. The highest BCUT2D eigenvalue weighted by molar-refractivity contribution is 5.64. The van der Waals surface area contributed by atoms with Crippen molar-refractivity contribution in [3.05, 3.63) is 47.1 Å². The van der Waals surface area contributed by atoms with E-state index in [0.29, 0.717) is 37.6 Å². The van der Waals surface area contributed by atoms with E-state index < -0.39 is 6.09 Å². The number of benzene rings is 1. The van der Waals surface area contributed by atoms with Gasteiger partial charge in [0.1, 0.15) is 0 Å². The van der Waals surface area contributed by atoms with E-state index in [1.807, 2.05) is 0 Å². The lowest BCUT2D eigenvalue weighted by molar-refractivity contribution is 0.154. The molecule has 2 aromatic rings. The summed E-state index contributed by atoms with van der Waals surface area (Å²) in [4.78, 5) is 14.9. The van der Waals surface area contributed by atoms with E-state index in [0.717, 1.165) is 12.0 Å². The Morgan fingerprint density at radius 1 is 1.23 bits per heavy atom. The van der Waals surface area contributed by atoms with Gasteiger partial charge in [-0.15, -0.1) is 0 Å². The summed E-state index contributed by atoms with van der Waals surface area (Å²) in [5.41, 5.74) is 13.5. The van der Waals surface area contributed by atoms with Crippen LogP contribution in [0.1, 0.15) is 68.9 Å². The minimum atomic E-state index is -0.758. The van der Waals surface area contributed by atoms with Crippen molar-refractivity contribution in [1.82, 2.24) is 10.1 Å². The Balaban J connectivity index is 1.84. The number of nitrogens with two attached hydrogens (primary N) is 2. The highest BCUT2D eigenvalue weighted by atomic mass is 16.5. The van der Waals surface area contributed by atoms with Gasteiger partial charge in [-0.25, -0.2) is 4.79 Å². The van der Waals surface area contributed by atoms with E-state index in [-0.39, 0.29) is 11.5 Å². The number of hydrogen-bond acceptors (Lipinski definition) is 6. The monoisotopic (exact) mass is 360 g/mol. The molecule has 0 saturated heterocycles. The Labute approximate surface area is 154 Å². The van der Waals surface area contributed by atoms with Crippen LogP contribution in [-0.4, -0.2) is 22.8 Å². The summed E-state index contributed by atoms with van der Waals surface area (Å²) in [6.07, 6.45) is 1.99. The Kier molecular flexibility index (Phi) is 6.74. The summed E-state index contributed by atoms with van der Waals surface area (Å²) in [6, 6.07) is 8.13. The Bertz CT molecular complexity index is 704. The fourth-order valence-electron chi connectivity index (χ4n) is 2.56. The Morgan fingerprint density at radius 2 is 1.92 bits per heavy atom. The molecule has 0 unspecified atom stereocenters. The van der Waals surface area contributed by atoms with Crippen LogP contribution < -0.4 is 11.5 Å². The molecule has 4 N–H and O–H groups in total. The van der Waals surface area contributed by atoms with E-state index in [1.54, 1.807) is 0 Å². The fraction of sp³-hybridized carbons (Fsp3) is 0.526. The quantitative estimate of drug-likeness (QED) is 0.698. The van der Waals surface area contributed by atoms with Crippen molar-refractivity contribution >= 4 is 6.09 Å². The van der Waals surface area contributed by atoms with Crippen molar-refractivity contribution in [2.45, 2.75) is 57.9 Å². The molecule has 0 aliphatic rings. The predicted octanol–water partition coefficient (Wildman–Crippen LogP) is 3.22. The van der Waals surface area contributed by atoms with Crippen LogP contribution in [0.25, 0.3) is 0 Å². The van der Waals surface area contributed by atoms with Gasteiger partial charge in [0.2, 0.25) is 5.89 Å². The van der Waals surface area contributed by atoms with Crippen LogP contribution in [0, 0.1) is 0 Å². The summed E-state index contributed by atoms with van der Waals surface area (Å²) in [5, 5.41) is 4.02. The van der Waals surface area contributed by atoms with Crippen LogP contribution in [-0.2, 0) is 16.6 Å². The third-order valence-corrected chi connectivity index (χ3v) is 4.14. The maximum Gasteiger partial charge on any atom is 0.404 e. The van der Waals surface area contributed by atoms with E-state index in [1.165, 1.54) is 5.56 Å². The molecule has 1 heterocycles. The van der Waals surface area contributed by atoms with Gasteiger partial charge in [-0.3, -0.25) is 0 Å². The third kappa shape index (κ3) is 6.15. The topological polar surface area (TPSA) is 117 Å². The maximum absolute atomic E-state index is 10.5. The first kappa shape index (κ1) is 19.9. The van der Waals surface area contributed by atoms with E-state index in [9.17, 15) is 4.79 Å². The molecule has 2 rings (SSSR count). The number of amides is 1. The van der Waals surface area contributed by atoms with Gasteiger partial charge in [-0.05, 0) is 35.8 Å². The molecule has 0 spiro atoms. The maximum atomic E-state index is 10.5. The number of primary amides is 1. The second-order valence-corrected chi connectivity index (χ2v) is 7.44. The standard InChI is InChI=1S/C19H28N4O3/c1-19(2,3)14-9-7-13(8-10-14)12-16-22-17(26-23-16)15(20)6-4-5-11-25-18(21)24/h7-10,15H,4-6,11-12,20H2,1-3H3,(H2,21,24)/t15-/m0/s1. The lowest BCUT2D eigenvalue weighted by Gasteiger charge is -2.18. The summed E-state index contributed by atoms with van der Waals surface area (Å²) >= 11 is 0. The van der Waals surface area contributed by atoms with Crippen molar-refractivity contribution in [1.29, 1.82) is 0 Å². The Hall–Kier alpha value is -2.41. The fourth-order valence-corrected chi connectivity index (χ4v) is 2.56. The number of nitrogens with zero attached hydrogens (tertiary/aromatic N) is 2. The zero-order valence-corrected chi connectivity index (χ0v) is 15.7. The van der Waals surface area contributed by atoms with Crippen molar-refractivity contribution in [2.24, 2.45) is 11.5 Å². The highest BCUT2D eigenvalue weighted by Crippen LogP contribution is 2.23. The number of carbonyl (C=O) groups is 1. The van der Waals surface area contributed by atoms with Crippen LogP contribution in [0.5, 0.6) is 0 Å². The third-order valence-electron chi connectivity index (χ3n) is 4.14. The summed E-state index contributed by atoms with van der Waals surface area (Å²) in [6.45, 7) is 6.86. The lowest BCUT2D eigenvalue weighted by atomic mass is 9.86. The molecule has 1 atom stereocenters. The van der Waals surface area contributed by atoms with Gasteiger partial charge >= 0.3 is 6.09 Å². The number of carbonyl (C=O) groups excluding carboxylic acids is 1. The van der Waals surface area contributed by atoms with Gasteiger partial charge in [0.25, 0.3) is 0 Å². The molecule has 1 aromatic heterocycles. The number of unbranched alkanes of at least 4 members (excludes halogenated alkanes) is 1. The van der Waals surface area contributed by atoms with Gasteiger partial charge in [0, 0.05) is 6.42 Å². The molecule has 142 valence electrons. The number of rotatable bonds is 8. The van der Waals surface area contributed by atoms with Crippen molar-refractivity contribution in [3.8, 4) is 0 Å². The van der Waals surface area contributed by atoms with Gasteiger partial charge in [-0.1, -0.05) is 50.2 Å². The molecule has 0 bridgehead atoms. The minimum absolute atomic E-state index is 0.132. The molecule has 1 amide bonds. The molecule has 26 heavy (non-hydrogen) atoms. The first-order chi connectivity index (χ1) is 12.3. The lowest BCUT2D eigenvalue weighted by Crippen LogP contribution is -2.14. The normalized spacial score (nSPS) is 12.8. The molecular weight excluding hydrogens is 332 g/mol.